The summed E-state index contributed by atoms with van der Waals surface area (Å²) in [5, 5.41) is 12.4. The Bertz CT molecular complexity index is 428. The summed E-state index contributed by atoms with van der Waals surface area (Å²) < 4.78 is 0. The molecule has 21 heavy (non-hydrogen) atoms. The molecule has 1 saturated heterocycles. The second-order valence-electron chi connectivity index (χ2n) is 6.00. The molecule has 1 amide bonds. The molecule has 0 unspecified atom stereocenters. The second kappa shape index (κ2) is 8.15. The van der Waals surface area contributed by atoms with Gasteiger partial charge in [0.1, 0.15) is 0 Å². The van der Waals surface area contributed by atoms with E-state index in [0.29, 0.717) is 12.3 Å². The van der Waals surface area contributed by atoms with Crippen LogP contribution in [-0.4, -0.2) is 42.7 Å². The zero-order valence-electron chi connectivity index (χ0n) is 12.8. The van der Waals surface area contributed by atoms with Gasteiger partial charge in [-0.25, -0.2) is 0 Å². The number of piperidine rings is 1. The number of carbonyl (C=O) groups excluding carboxylic acids is 1. The molecule has 4 heteroatoms. The molecule has 1 heterocycles. The van der Waals surface area contributed by atoms with Crippen LogP contribution in [0.15, 0.2) is 30.3 Å². The molecule has 1 aliphatic rings. The molecule has 0 aromatic heterocycles. The fourth-order valence-electron chi connectivity index (χ4n) is 2.87. The van der Waals surface area contributed by atoms with Crippen molar-refractivity contribution in [3.05, 3.63) is 35.9 Å². The summed E-state index contributed by atoms with van der Waals surface area (Å²) in [6.07, 6.45) is 3.88. The number of likely N-dealkylation sites (tertiary alicyclic amines) is 1. The van der Waals surface area contributed by atoms with Crippen LogP contribution in [0.25, 0.3) is 0 Å². The first-order chi connectivity index (χ1) is 10.2. The third kappa shape index (κ3) is 5.14. The topological polar surface area (TPSA) is 52.6 Å². The number of nitrogens with one attached hydrogen (secondary N) is 1. The Kier molecular flexibility index (Phi) is 6.21. The molecule has 1 aliphatic heterocycles. The van der Waals surface area contributed by atoms with Gasteiger partial charge in [0.05, 0.1) is 12.6 Å². The van der Waals surface area contributed by atoms with E-state index in [-0.39, 0.29) is 18.6 Å². The van der Waals surface area contributed by atoms with Crippen LogP contribution in [0.2, 0.25) is 0 Å². The molecule has 1 atom stereocenters. The fourth-order valence-corrected chi connectivity index (χ4v) is 2.87. The number of amides is 1. The number of aliphatic hydroxyl groups excluding tert-OH is 1. The van der Waals surface area contributed by atoms with Gasteiger partial charge in [0.2, 0.25) is 5.91 Å². The van der Waals surface area contributed by atoms with Crippen LogP contribution in [0.4, 0.5) is 0 Å². The molecule has 1 fully saturated rings. The van der Waals surface area contributed by atoms with Gasteiger partial charge in [-0.2, -0.15) is 0 Å². The lowest BCUT2D eigenvalue weighted by atomic mass is 9.92. The number of carbonyl (C=O) groups is 1. The highest BCUT2D eigenvalue weighted by molar-refractivity contribution is 5.76. The number of nitrogens with zero attached hydrogens (tertiary/aromatic N) is 1. The summed E-state index contributed by atoms with van der Waals surface area (Å²) >= 11 is 0. The summed E-state index contributed by atoms with van der Waals surface area (Å²) in [5.74, 6) is 0.702. The summed E-state index contributed by atoms with van der Waals surface area (Å²) in [6, 6.07) is 9.33. The molecule has 0 bridgehead atoms. The fraction of sp³-hybridized carbons (Fsp3) is 0.588. The maximum absolute atomic E-state index is 12.1. The molecule has 0 saturated carbocycles. The lowest BCUT2D eigenvalue weighted by Gasteiger charge is -2.28. The van der Waals surface area contributed by atoms with Crippen molar-refractivity contribution >= 4 is 5.91 Å². The molecular weight excluding hydrogens is 264 g/mol. The van der Waals surface area contributed by atoms with Gasteiger partial charge in [0.15, 0.2) is 0 Å². The molecule has 0 aliphatic carbocycles. The Balaban J connectivity index is 1.75. The molecule has 1 aromatic carbocycles. The van der Waals surface area contributed by atoms with E-state index in [0.717, 1.165) is 25.1 Å². The van der Waals surface area contributed by atoms with E-state index in [9.17, 15) is 9.90 Å². The van der Waals surface area contributed by atoms with Crippen LogP contribution >= 0.6 is 0 Å². The third-order valence-corrected chi connectivity index (χ3v) is 4.34. The number of hydrogen-bond acceptors (Lipinski definition) is 3. The summed E-state index contributed by atoms with van der Waals surface area (Å²) in [7, 11) is 2.15. The molecule has 4 nitrogen and oxygen atoms in total. The quantitative estimate of drug-likeness (QED) is 0.842. The van der Waals surface area contributed by atoms with Crippen LogP contribution in [0.5, 0.6) is 0 Å². The molecule has 2 rings (SSSR count). The van der Waals surface area contributed by atoms with Crippen molar-refractivity contribution in [3.63, 3.8) is 0 Å². The van der Waals surface area contributed by atoms with Gasteiger partial charge in [-0.15, -0.1) is 0 Å². The smallest absolute Gasteiger partial charge is 0.220 e. The van der Waals surface area contributed by atoms with Gasteiger partial charge in [-0.3, -0.25) is 4.79 Å². The van der Waals surface area contributed by atoms with Gasteiger partial charge >= 0.3 is 0 Å². The Morgan fingerprint density at radius 3 is 2.62 bits per heavy atom. The normalized spacial score (nSPS) is 18.4. The summed E-state index contributed by atoms with van der Waals surface area (Å²) in [6.45, 7) is 2.20. The summed E-state index contributed by atoms with van der Waals surface area (Å²) in [4.78, 5) is 14.4. The van der Waals surface area contributed by atoms with Gasteiger partial charge in [-0.05, 0) is 50.9 Å². The molecule has 0 spiro atoms. The van der Waals surface area contributed by atoms with E-state index < -0.39 is 0 Å². The number of aliphatic hydroxyl groups is 1. The van der Waals surface area contributed by atoms with Crippen molar-refractivity contribution in [2.24, 2.45) is 5.92 Å². The highest BCUT2D eigenvalue weighted by atomic mass is 16.3. The lowest BCUT2D eigenvalue weighted by molar-refractivity contribution is -0.122. The largest absolute Gasteiger partial charge is 0.394 e. The third-order valence-electron chi connectivity index (χ3n) is 4.34. The predicted octanol–water partition coefficient (Wildman–Crippen LogP) is 1.96. The Morgan fingerprint density at radius 1 is 1.33 bits per heavy atom. The van der Waals surface area contributed by atoms with Crippen molar-refractivity contribution < 1.29 is 9.90 Å². The Morgan fingerprint density at radius 2 is 2.00 bits per heavy atom. The number of benzene rings is 1. The zero-order valence-corrected chi connectivity index (χ0v) is 12.8. The van der Waals surface area contributed by atoms with Gasteiger partial charge in [0.25, 0.3) is 0 Å². The zero-order chi connectivity index (χ0) is 15.1. The van der Waals surface area contributed by atoms with E-state index in [4.69, 9.17) is 0 Å². The van der Waals surface area contributed by atoms with Gasteiger partial charge in [-0.1, -0.05) is 30.3 Å². The molecular formula is C17H26N2O2. The monoisotopic (exact) mass is 290 g/mol. The van der Waals surface area contributed by atoms with E-state index in [1.54, 1.807) is 0 Å². The van der Waals surface area contributed by atoms with Crippen LogP contribution in [0.1, 0.15) is 37.3 Å². The van der Waals surface area contributed by atoms with Crippen LogP contribution in [-0.2, 0) is 4.79 Å². The Labute approximate surface area is 127 Å². The van der Waals surface area contributed by atoms with Gasteiger partial charge in [0, 0.05) is 6.42 Å². The number of rotatable bonds is 6. The standard InChI is InChI=1S/C17H26N2O2/c1-19-11-9-14(10-12-19)7-8-17(21)18-16(13-20)15-5-3-2-4-6-15/h2-6,14,16,20H,7-13H2,1H3,(H,18,21)/t16-/m0/s1. The predicted molar refractivity (Wildman–Crippen MR) is 83.9 cm³/mol. The Hall–Kier alpha value is -1.39. The molecule has 116 valence electrons. The molecule has 2 N–H and O–H groups in total. The minimum Gasteiger partial charge on any atom is -0.394 e. The van der Waals surface area contributed by atoms with Crippen LogP contribution in [0.3, 0.4) is 0 Å². The van der Waals surface area contributed by atoms with Crippen molar-refractivity contribution in [3.8, 4) is 0 Å². The minimum atomic E-state index is -0.295. The molecule has 0 radical (unpaired) electrons. The number of hydrogen-bond donors (Lipinski definition) is 2. The van der Waals surface area contributed by atoms with E-state index in [1.165, 1.54) is 12.8 Å². The highest BCUT2D eigenvalue weighted by Gasteiger charge is 2.19. The van der Waals surface area contributed by atoms with Crippen molar-refractivity contribution in [1.29, 1.82) is 0 Å². The highest BCUT2D eigenvalue weighted by Crippen LogP contribution is 2.21. The summed E-state index contributed by atoms with van der Waals surface area (Å²) in [5.41, 5.74) is 0.952. The molecule has 1 aromatic rings. The maximum Gasteiger partial charge on any atom is 0.220 e. The van der Waals surface area contributed by atoms with Crippen LogP contribution < -0.4 is 5.32 Å². The van der Waals surface area contributed by atoms with Crippen molar-refractivity contribution in [2.75, 3.05) is 26.7 Å². The van der Waals surface area contributed by atoms with Crippen LogP contribution in [0, 0.1) is 5.92 Å². The SMILES string of the molecule is CN1CCC(CCC(=O)N[C@@H](CO)c2ccccc2)CC1. The first-order valence-corrected chi connectivity index (χ1v) is 7.82. The first kappa shape index (κ1) is 16.0. The second-order valence-corrected chi connectivity index (χ2v) is 6.00. The van der Waals surface area contributed by atoms with E-state index in [1.807, 2.05) is 30.3 Å². The van der Waals surface area contributed by atoms with E-state index in [2.05, 4.69) is 17.3 Å². The lowest BCUT2D eigenvalue weighted by Crippen LogP contribution is -2.33. The van der Waals surface area contributed by atoms with Gasteiger partial charge < -0.3 is 15.3 Å². The van der Waals surface area contributed by atoms with E-state index >= 15 is 0 Å². The first-order valence-electron chi connectivity index (χ1n) is 7.82. The minimum absolute atomic E-state index is 0.0387. The average molecular weight is 290 g/mol. The maximum atomic E-state index is 12.1. The van der Waals surface area contributed by atoms with Crippen molar-refractivity contribution in [2.45, 2.75) is 31.7 Å². The average Bonchev–Trinajstić information content (AvgIpc) is 2.53. The van der Waals surface area contributed by atoms with Crippen molar-refractivity contribution in [1.82, 2.24) is 10.2 Å².